The van der Waals surface area contributed by atoms with Crippen LogP contribution in [-0.4, -0.2) is 139 Å². The maximum atomic E-state index is 15.6. The molecule has 7 heterocycles. The number of nitro groups is 2. The molecule has 6 aliphatic carbocycles. The molecule has 4 saturated carbocycles. The van der Waals surface area contributed by atoms with Crippen molar-refractivity contribution in [2.45, 2.75) is 177 Å². The highest BCUT2D eigenvalue weighted by Crippen LogP contribution is 2.57. The van der Waals surface area contributed by atoms with Gasteiger partial charge in [-0.15, -0.1) is 0 Å². The molecular weight excluding hydrogens is 1670 g/mol. The maximum Gasteiger partial charge on any atom is 0.287 e. The number of amides is 2. The van der Waals surface area contributed by atoms with Gasteiger partial charge in [-0.2, -0.15) is 0 Å². The molecule has 30 heteroatoms. The lowest BCUT2D eigenvalue weighted by Gasteiger charge is -2.47. The molecular formula is C95H104Cl2FN13O12S2. The number of sulfonamides is 2. The van der Waals surface area contributed by atoms with Crippen molar-refractivity contribution in [2.24, 2.45) is 22.7 Å². The first-order chi connectivity index (χ1) is 60.4. The van der Waals surface area contributed by atoms with E-state index in [9.17, 15) is 46.7 Å². The van der Waals surface area contributed by atoms with Crippen LogP contribution in [0.4, 0.5) is 27.1 Å². The Bertz CT molecular complexity index is 6010. The summed E-state index contributed by atoms with van der Waals surface area (Å²) in [5, 5.41) is 27.3. The van der Waals surface area contributed by atoms with Gasteiger partial charge in [0.2, 0.25) is 0 Å². The van der Waals surface area contributed by atoms with Crippen LogP contribution >= 0.6 is 23.2 Å². The van der Waals surface area contributed by atoms with E-state index in [4.69, 9.17) is 32.7 Å². The molecule has 0 atom stereocenters. The first kappa shape index (κ1) is 86.5. The lowest BCUT2D eigenvalue weighted by atomic mass is 9.59. The quantitative estimate of drug-likeness (QED) is 0.0289. The van der Waals surface area contributed by atoms with Crippen LogP contribution in [0.25, 0.3) is 33.2 Å². The fourth-order valence-electron chi connectivity index (χ4n) is 20.1. The number of rotatable bonds is 26. The van der Waals surface area contributed by atoms with Crippen molar-refractivity contribution in [3.8, 4) is 23.0 Å². The average molecular weight is 1770 g/mol. The molecule has 5 aromatic heterocycles. The number of piperazine rings is 2. The summed E-state index contributed by atoms with van der Waals surface area (Å²) >= 11 is 12.6. The number of aromatic nitrogens is 5. The third kappa shape index (κ3) is 20.1. The molecule has 0 bridgehead atoms. The molecule has 2 aliphatic heterocycles. The Labute approximate surface area is 737 Å². The number of hydrogen-bond donors (Lipinski definition) is 4. The Morgan fingerprint density at radius 3 is 1.52 bits per heavy atom. The number of hydrogen-bond acceptors (Lipinski definition) is 19. The van der Waals surface area contributed by atoms with E-state index in [1.165, 1.54) is 122 Å². The van der Waals surface area contributed by atoms with Crippen molar-refractivity contribution in [1.82, 2.24) is 44.2 Å². The first-order valence-corrected chi connectivity index (χ1v) is 47.8. The van der Waals surface area contributed by atoms with Crippen molar-refractivity contribution in [1.29, 1.82) is 0 Å². The summed E-state index contributed by atoms with van der Waals surface area (Å²) in [4.78, 5) is 78.5. The monoisotopic (exact) mass is 1770 g/mol. The molecule has 0 unspecified atom stereocenters. The third-order valence-corrected chi connectivity index (χ3v) is 30.7. The topological polar surface area (TPSA) is 314 Å². The van der Waals surface area contributed by atoms with E-state index < -0.39 is 58.1 Å². The number of H-pyrrole nitrogens is 2. The molecule has 8 aliphatic rings. The highest BCUT2D eigenvalue weighted by Gasteiger charge is 2.43. The Balaban J connectivity index is 0.000000177. The van der Waals surface area contributed by atoms with Crippen LogP contribution in [0.2, 0.25) is 10.0 Å². The number of ether oxygens (including phenoxy) is 2. The molecule has 2 amide bonds. The molecule has 6 fully saturated rings. The van der Waals surface area contributed by atoms with Crippen molar-refractivity contribution >= 4 is 111 Å². The Morgan fingerprint density at radius 2 is 1.00 bits per heavy atom. The van der Waals surface area contributed by atoms with Gasteiger partial charge in [-0.1, -0.05) is 142 Å². The van der Waals surface area contributed by atoms with Crippen LogP contribution in [0.5, 0.6) is 23.0 Å². The van der Waals surface area contributed by atoms with Gasteiger partial charge in [-0.3, -0.25) is 39.6 Å². The summed E-state index contributed by atoms with van der Waals surface area (Å²) in [5.41, 5.74) is 11.3. The van der Waals surface area contributed by atoms with E-state index in [0.29, 0.717) is 90.0 Å². The lowest BCUT2D eigenvalue weighted by molar-refractivity contribution is -0.386. The van der Waals surface area contributed by atoms with Crippen LogP contribution < -0.4 is 28.7 Å². The number of aryl methyl sites for hydroxylation is 1. The third-order valence-electron chi connectivity index (χ3n) is 27.6. The van der Waals surface area contributed by atoms with Crippen molar-refractivity contribution in [3.63, 3.8) is 0 Å². The zero-order valence-electron chi connectivity index (χ0n) is 70.0. The van der Waals surface area contributed by atoms with Gasteiger partial charge < -0.3 is 29.2 Å². The summed E-state index contributed by atoms with van der Waals surface area (Å²) in [7, 11) is -9.31. The van der Waals surface area contributed by atoms with Gasteiger partial charge in [0, 0.05) is 134 Å². The van der Waals surface area contributed by atoms with Gasteiger partial charge in [0.05, 0.1) is 55.0 Å². The van der Waals surface area contributed by atoms with Gasteiger partial charge in [-0.25, -0.2) is 45.6 Å². The van der Waals surface area contributed by atoms with Crippen LogP contribution in [0, 0.1) is 48.7 Å². The fourth-order valence-corrected chi connectivity index (χ4v) is 22.3. The van der Waals surface area contributed by atoms with Gasteiger partial charge in [0.25, 0.3) is 43.2 Å². The minimum atomic E-state index is -4.77. The lowest BCUT2D eigenvalue weighted by Crippen LogP contribution is -2.47. The molecule has 10 aromatic rings. The number of carbonyl (C=O) groups is 2. The smallest absolute Gasteiger partial charge is 0.287 e. The summed E-state index contributed by atoms with van der Waals surface area (Å²) in [6, 6.07) is 35.9. The zero-order chi connectivity index (χ0) is 86.6. The Morgan fingerprint density at radius 1 is 0.512 bits per heavy atom. The predicted molar refractivity (Wildman–Crippen MR) is 483 cm³/mol. The van der Waals surface area contributed by atoms with Crippen molar-refractivity contribution in [2.75, 3.05) is 75.2 Å². The fraction of sp³-hybridized carbons (Fsp3) is 0.421. The predicted octanol–water partition coefficient (Wildman–Crippen LogP) is 20.5. The number of pyridine rings is 3. The maximum absolute atomic E-state index is 15.6. The molecule has 0 radical (unpaired) electrons. The van der Waals surface area contributed by atoms with Crippen molar-refractivity contribution in [3.05, 3.63) is 239 Å². The number of anilines is 2. The zero-order valence-corrected chi connectivity index (χ0v) is 73.1. The summed E-state index contributed by atoms with van der Waals surface area (Å²) in [6.45, 7) is 7.91. The van der Waals surface area contributed by atoms with E-state index in [2.05, 4.69) is 73.5 Å². The van der Waals surface area contributed by atoms with E-state index in [1.54, 1.807) is 48.9 Å². The number of nitrogens with one attached hydrogen (secondary N) is 4. The number of aromatic amines is 2. The first-order valence-electron chi connectivity index (χ1n) is 44.1. The number of halogens is 3. The van der Waals surface area contributed by atoms with Gasteiger partial charge in [-0.05, 0) is 208 Å². The van der Waals surface area contributed by atoms with E-state index in [-0.39, 0.29) is 45.3 Å². The van der Waals surface area contributed by atoms with E-state index in [1.807, 2.05) is 41.1 Å². The number of nitro benzene ring substituents is 2. The highest BCUT2D eigenvalue weighted by molar-refractivity contribution is 7.90. The molecule has 25 nitrogen and oxygen atoms in total. The Kier molecular flexibility index (Phi) is 26.0. The summed E-state index contributed by atoms with van der Waals surface area (Å²) in [6.07, 6.45) is 35.8. The largest absolute Gasteiger partial charge is 0.455 e. The normalized spacial score (nSPS) is 18.5. The van der Waals surface area contributed by atoms with Gasteiger partial charge >= 0.3 is 0 Å². The average Bonchev–Trinajstić information content (AvgIpc) is 1.70. The van der Waals surface area contributed by atoms with Crippen LogP contribution in [0.1, 0.15) is 197 Å². The molecule has 654 valence electrons. The van der Waals surface area contributed by atoms with E-state index in [0.717, 1.165) is 180 Å². The van der Waals surface area contributed by atoms with E-state index >= 15 is 4.39 Å². The number of carbonyl (C=O) groups excluding carboxylic acids is 2. The molecule has 4 N–H and O–H groups in total. The molecule has 5 aromatic carbocycles. The number of nitrogens with zero attached hydrogens (tertiary/aromatic N) is 9. The second kappa shape index (κ2) is 37.5. The minimum absolute atomic E-state index is 0.0447. The SMILES string of the molecule is O=C(NS(=O)(=O)c1cc(F)c(CCC2CCCCC2)c([N+](=O)[O-])c1)c1ccc(N2CCN(CC3=C(c4ccc(Cl)cc4)CC4(CCC4)CC3)CC2)cc1Oc1cnc2[nH]ccc2c1.O=C(NS(=O)(=O)c1ccc(CCC2CCCCC2)c([N+](=O)[O-])c1)c1ncc(N2CCN(CC3=C(c4ccc(Cl)cc4)CC4(CCC4)CC3)CC2)cc1Oc1cnc2[nH]ccc2c1. The van der Waals surface area contributed by atoms with Crippen LogP contribution in [0.3, 0.4) is 0 Å². The highest BCUT2D eigenvalue weighted by atomic mass is 35.5. The van der Waals surface area contributed by atoms with Gasteiger partial charge in [0.15, 0.2) is 11.4 Å². The summed E-state index contributed by atoms with van der Waals surface area (Å²) < 4.78 is 87.1. The van der Waals surface area contributed by atoms with Crippen LogP contribution in [-0.2, 0) is 32.9 Å². The van der Waals surface area contributed by atoms with Crippen LogP contribution in [0.15, 0.2) is 179 Å². The molecule has 2 spiro atoms. The molecule has 18 rings (SSSR count). The number of fused-ring (bicyclic) bond motifs is 2. The molecule has 125 heavy (non-hydrogen) atoms. The second-order valence-electron chi connectivity index (χ2n) is 35.5. The minimum Gasteiger partial charge on any atom is -0.455 e. The number of benzene rings is 5. The van der Waals surface area contributed by atoms with Crippen molar-refractivity contribution < 1.29 is 50.1 Å². The second-order valence-corrected chi connectivity index (χ2v) is 39.8. The Hall–Kier alpha value is -10.6. The summed E-state index contributed by atoms with van der Waals surface area (Å²) in [5.74, 6) is -1.44. The van der Waals surface area contributed by atoms with Gasteiger partial charge in [0.1, 0.15) is 34.4 Å². The number of allylic oxidation sites excluding steroid dienone is 2. The standard InChI is InChI=1S/C48H52ClFN6O6S.C47H52ClN7O6S/c49-36-10-8-33(9-11-36)42-29-48(17-4-18-48)19-15-35(42)31-54-21-23-55(24-22-54)37-12-14-41(45(26-37)62-38-25-34-16-20-51-46(34)52-30-38)47(57)53-63(60,61)39-27-43(50)40(44(28-39)56(58)59)13-7-32-5-2-1-3-6-32;48-37-12-9-33(10-13-37)41-28-47(17-4-18-47)19-15-36(41)31-53-21-23-54(24-22-53)38-26-43(61-39-25-35-16-20-49-45(35)51-30-39)44(50-29-38)46(56)52-62(59,60)40-14-11-34(42(27-40)55(57)58)8-7-32-5-2-1-3-6-32/h8-12,14,16,20,25-28,30,32H,1-7,13,15,17-19,21-24,29,31H2,(H,51,52)(H,53,57);9-14,16,20,25-27,29-30,32H,1-8,15,17-19,21-24,28,31H2,(H,49,51)(H,52,56). The molecule has 2 saturated heterocycles.